The van der Waals surface area contributed by atoms with E-state index in [2.05, 4.69) is 17.9 Å². The maximum Gasteiger partial charge on any atom is 0.265 e. The van der Waals surface area contributed by atoms with Crippen molar-refractivity contribution in [2.24, 2.45) is 0 Å². The van der Waals surface area contributed by atoms with E-state index in [1.54, 1.807) is 30.5 Å². The first-order valence-corrected chi connectivity index (χ1v) is 6.24. The minimum atomic E-state index is -0.330. The highest BCUT2D eigenvalue weighted by Crippen LogP contribution is 2.20. The van der Waals surface area contributed by atoms with Gasteiger partial charge in [0.15, 0.2) is 0 Å². The molecule has 0 aliphatic rings. The van der Waals surface area contributed by atoms with Gasteiger partial charge in [-0.2, -0.15) is 0 Å². The molecule has 0 bridgehead atoms. The molecule has 0 aliphatic heterocycles. The predicted molar refractivity (Wildman–Crippen MR) is 70.7 cm³/mol. The highest BCUT2D eigenvalue weighted by molar-refractivity contribution is 7.80. The molecule has 1 heterocycles. The molecular weight excluding hydrogens is 257 g/mol. The summed E-state index contributed by atoms with van der Waals surface area (Å²) in [4.78, 5) is 13.1. The molecule has 1 aromatic carbocycles. The van der Waals surface area contributed by atoms with Crippen LogP contribution in [0.5, 0.6) is 0 Å². The van der Waals surface area contributed by atoms with Crippen molar-refractivity contribution >= 4 is 35.6 Å². The Morgan fingerprint density at radius 2 is 2.18 bits per heavy atom. The second kappa shape index (κ2) is 4.89. The van der Waals surface area contributed by atoms with E-state index in [1.807, 2.05) is 0 Å². The summed E-state index contributed by atoms with van der Waals surface area (Å²) in [6.07, 6.45) is 0. The molecule has 0 aliphatic carbocycles. The van der Waals surface area contributed by atoms with Crippen LogP contribution in [0.25, 0.3) is 0 Å². The molecule has 0 atom stereocenters. The highest BCUT2D eigenvalue weighted by Gasteiger charge is 2.09. The van der Waals surface area contributed by atoms with Crippen molar-refractivity contribution in [3.63, 3.8) is 0 Å². The van der Waals surface area contributed by atoms with Gasteiger partial charge in [0.05, 0.1) is 4.88 Å². The Balaban J connectivity index is 2.15. The van der Waals surface area contributed by atoms with E-state index >= 15 is 0 Å². The van der Waals surface area contributed by atoms with Crippen molar-refractivity contribution in [3.8, 4) is 0 Å². The number of carbonyl (C=O) groups excluding carboxylic acids is 1. The molecule has 1 aromatic heterocycles. The van der Waals surface area contributed by atoms with Crippen LogP contribution in [0.2, 0.25) is 0 Å². The topological polar surface area (TPSA) is 29.1 Å². The predicted octanol–water partition coefficient (Wildman–Crippen LogP) is 3.74. The number of thiophene rings is 1. The number of amides is 1. The Kier molecular flexibility index (Phi) is 3.49. The maximum absolute atomic E-state index is 13.3. The summed E-state index contributed by atoms with van der Waals surface area (Å²) in [5, 5.41) is 4.41. The molecular formula is C12H10FNOS2. The second-order valence-electron chi connectivity index (χ2n) is 3.59. The van der Waals surface area contributed by atoms with Crippen molar-refractivity contribution < 1.29 is 9.18 Å². The summed E-state index contributed by atoms with van der Waals surface area (Å²) < 4.78 is 13.3. The molecule has 0 saturated heterocycles. The lowest BCUT2D eigenvalue weighted by atomic mass is 10.2. The number of nitrogens with one attached hydrogen (secondary N) is 1. The van der Waals surface area contributed by atoms with Gasteiger partial charge >= 0.3 is 0 Å². The zero-order valence-electron chi connectivity index (χ0n) is 9.03. The third-order valence-corrected chi connectivity index (χ3v) is 3.60. The van der Waals surface area contributed by atoms with Gasteiger partial charge in [0, 0.05) is 16.0 Å². The van der Waals surface area contributed by atoms with Crippen LogP contribution in [0.1, 0.15) is 15.2 Å². The number of carbonyl (C=O) groups is 1. The van der Waals surface area contributed by atoms with Gasteiger partial charge in [-0.1, -0.05) is 6.07 Å². The molecule has 17 heavy (non-hydrogen) atoms. The Bertz CT molecular complexity index is 565. The number of hydrogen-bond donors (Lipinski definition) is 2. The van der Waals surface area contributed by atoms with E-state index in [0.29, 0.717) is 16.1 Å². The monoisotopic (exact) mass is 267 g/mol. The van der Waals surface area contributed by atoms with Crippen LogP contribution in [0, 0.1) is 12.7 Å². The summed E-state index contributed by atoms with van der Waals surface area (Å²) in [6, 6.07) is 6.28. The summed E-state index contributed by atoms with van der Waals surface area (Å²) in [7, 11) is 0. The lowest BCUT2D eigenvalue weighted by Gasteiger charge is -2.04. The zero-order valence-corrected chi connectivity index (χ0v) is 10.7. The fourth-order valence-corrected chi connectivity index (χ4v) is 2.35. The number of anilines is 1. The van der Waals surface area contributed by atoms with E-state index in [4.69, 9.17) is 0 Å². The molecule has 0 saturated carbocycles. The minimum absolute atomic E-state index is 0.251. The summed E-state index contributed by atoms with van der Waals surface area (Å²) >= 11 is 5.43. The fraction of sp³-hybridized carbons (Fsp3) is 0.0833. The molecule has 1 amide bonds. The minimum Gasteiger partial charge on any atom is -0.321 e. The molecule has 88 valence electrons. The van der Waals surface area contributed by atoms with Gasteiger partial charge in [0.1, 0.15) is 5.82 Å². The lowest BCUT2D eigenvalue weighted by Crippen LogP contribution is -2.10. The largest absolute Gasteiger partial charge is 0.321 e. The average molecular weight is 267 g/mol. The highest BCUT2D eigenvalue weighted by atomic mass is 32.1. The maximum atomic E-state index is 13.3. The van der Waals surface area contributed by atoms with Gasteiger partial charge in [0.2, 0.25) is 0 Å². The Morgan fingerprint density at radius 3 is 2.76 bits per heavy atom. The van der Waals surface area contributed by atoms with Crippen molar-refractivity contribution in [2.75, 3.05) is 5.32 Å². The number of halogens is 1. The number of thiol groups is 1. The first-order valence-electron chi connectivity index (χ1n) is 4.91. The number of rotatable bonds is 2. The Hall–Kier alpha value is -1.33. The van der Waals surface area contributed by atoms with Crippen LogP contribution in [-0.4, -0.2) is 5.91 Å². The number of hydrogen-bond acceptors (Lipinski definition) is 3. The number of aryl methyl sites for hydroxylation is 1. The molecule has 2 rings (SSSR count). The van der Waals surface area contributed by atoms with E-state index in [1.165, 1.54) is 17.4 Å². The molecule has 5 heteroatoms. The fourth-order valence-electron chi connectivity index (χ4n) is 1.31. The molecule has 2 aromatic rings. The molecule has 0 fully saturated rings. The SMILES string of the molecule is Cc1ccc(NC(=O)c2cc(S)cs2)cc1F. The lowest BCUT2D eigenvalue weighted by molar-refractivity contribution is 0.103. The van der Waals surface area contributed by atoms with Crippen LogP contribution in [0.15, 0.2) is 34.5 Å². The van der Waals surface area contributed by atoms with Crippen LogP contribution in [0.4, 0.5) is 10.1 Å². The molecule has 2 nitrogen and oxygen atoms in total. The second-order valence-corrected chi connectivity index (χ2v) is 5.01. The van der Waals surface area contributed by atoms with E-state index in [9.17, 15) is 9.18 Å². The van der Waals surface area contributed by atoms with Crippen LogP contribution in [-0.2, 0) is 0 Å². The first-order chi connectivity index (χ1) is 8.06. The van der Waals surface area contributed by atoms with Crippen LogP contribution < -0.4 is 5.32 Å². The molecule has 0 spiro atoms. The Morgan fingerprint density at radius 1 is 1.41 bits per heavy atom. The van der Waals surface area contributed by atoms with Crippen molar-refractivity contribution in [1.82, 2.24) is 0 Å². The number of benzene rings is 1. The van der Waals surface area contributed by atoms with Gasteiger partial charge in [-0.25, -0.2) is 4.39 Å². The average Bonchev–Trinajstić information content (AvgIpc) is 2.70. The molecule has 1 N–H and O–H groups in total. The van der Waals surface area contributed by atoms with Gasteiger partial charge in [-0.3, -0.25) is 4.79 Å². The normalized spacial score (nSPS) is 10.3. The van der Waals surface area contributed by atoms with E-state index < -0.39 is 0 Å². The first kappa shape index (κ1) is 12.1. The van der Waals surface area contributed by atoms with Crippen LogP contribution in [0.3, 0.4) is 0 Å². The van der Waals surface area contributed by atoms with Crippen molar-refractivity contribution in [2.45, 2.75) is 11.8 Å². The zero-order chi connectivity index (χ0) is 12.4. The third-order valence-electron chi connectivity index (χ3n) is 2.24. The summed E-state index contributed by atoms with van der Waals surface area (Å²) in [5.41, 5.74) is 1.00. The third kappa shape index (κ3) is 2.87. The van der Waals surface area contributed by atoms with E-state index in [-0.39, 0.29) is 11.7 Å². The molecule has 0 unspecified atom stereocenters. The van der Waals surface area contributed by atoms with E-state index in [0.717, 1.165) is 4.90 Å². The smallest absolute Gasteiger partial charge is 0.265 e. The van der Waals surface area contributed by atoms with Gasteiger partial charge in [-0.05, 0) is 30.7 Å². The Labute approximate surface area is 108 Å². The van der Waals surface area contributed by atoms with Gasteiger partial charge in [-0.15, -0.1) is 24.0 Å². The summed E-state index contributed by atoms with van der Waals surface area (Å²) in [5.74, 6) is -0.581. The standard InChI is InChI=1S/C12H10FNOS2/c1-7-2-3-8(4-10(7)13)14-12(15)11-5-9(16)6-17-11/h2-6,16H,1H3,(H,14,15). The van der Waals surface area contributed by atoms with Gasteiger partial charge < -0.3 is 5.32 Å². The summed E-state index contributed by atoms with van der Waals surface area (Å²) in [6.45, 7) is 1.67. The van der Waals surface area contributed by atoms with Crippen molar-refractivity contribution in [1.29, 1.82) is 0 Å². The quantitative estimate of drug-likeness (QED) is 0.797. The molecule has 0 radical (unpaired) electrons. The van der Waals surface area contributed by atoms with Gasteiger partial charge in [0.25, 0.3) is 5.91 Å². The van der Waals surface area contributed by atoms with Crippen molar-refractivity contribution in [3.05, 3.63) is 45.9 Å². The van der Waals surface area contributed by atoms with Crippen LogP contribution >= 0.6 is 24.0 Å².